The molecule has 90 valence electrons. The van der Waals surface area contributed by atoms with E-state index in [1.807, 2.05) is 0 Å². The van der Waals surface area contributed by atoms with Gasteiger partial charge in [0.2, 0.25) is 0 Å². The van der Waals surface area contributed by atoms with Gasteiger partial charge in [-0.15, -0.1) is 0 Å². The van der Waals surface area contributed by atoms with Crippen molar-refractivity contribution in [1.29, 1.82) is 0 Å². The van der Waals surface area contributed by atoms with E-state index in [9.17, 15) is 5.11 Å². The van der Waals surface area contributed by atoms with Crippen LogP contribution in [-0.2, 0) is 0 Å². The molecule has 1 heteroatoms. The highest BCUT2D eigenvalue weighted by Gasteiger charge is 2.49. The maximum Gasteiger partial charge on any atom is 0.0886 e. The fourth-order valence-corrected chi connectivity index (χ4v) is 4.50. The Morgan fingerprint density at radius 3 is 2.75 bits per heavy atom. The lowest BCUT2D eigenvalue weighted by Crippen LogP contribution is -2.50. The summed E-state index contributed by atoms with van der Waals surface area (Å²) < 4.78 is 0. The van der Waals surface area contributed by atoms with Crippen molar-refractivity contribution in [3.05, 3.63) is 12.2 Å². The lowest BCUT2D eigenvalue weighted by atomic mass is 9.58. The summed E-state index contributed by atoms with van der Waals surface area (Å²) >= 11 is 0. The molecular weight excluding hydrogens is 196 g/mol. The molecule has 0 amide bonds. The topological polar surface area (TPSA) is 20.2 Å². The first-order valence-electron chi connectivity index (χ1n) is 7.21. The smallest absolute Gasteiger partial charge is 0.0886 e. The standard InChI is InChI=1S/C15H24O/c16-15-11-5-1-2-7-13(15)10-9-12-6-3-4-8-14(12)15/h5,11-14,16H,1-4,6-10H2/t12-,13-,14+,15?/m1/s1. The zero-order valence-corrected chi connectivity index (χ0v) is 10.2. The van der Waals surface area contributed by atoms with Crippen LogP contribution < -0.4 is 0 Å². The summed E-state index contributed by atoms with van der Waals surface area (Å²) in [6, 6.07) is 0. The van der Waals surface area contributed by atoms with Crippen LogP contribution in [0.1, 0.15) is 57.8 Å². The SMILES string of the molecule is OC12C=CCCC[C@@H]1CC[C@H]1CCCC[C@@H]12. The molecule has 3 aliphatic carbocycles. The molecule has 0 aromatic heterocycles. The van der Waals surface area contributed by atoms with E-state index in [0.717, 1.165) is 5.92 Å². The Labute approximate surface area is 98.9 Å². The van der Waals surface area contributed by atoms with Gasteiger partial charge in [-0.2, -0.15) is 0 Å². The highest BCUT2D eigenvalue weighted by atomic mass is 16.3. The Morgan fingerprint density at radius 2 is 1.81 bits per heavy atom. The van der Waals surface area contributed by atoms with Gasteiger partial charge in [-0.05, 0) is 56.3 Å². The summed E-state index contributed by atoms with van der Waals surface area (Å²) in [5.74, 6) is 1.96. The van der Waals surface area contributed by atoms with Crippen molar-refractivity contribution in [3.8, 4) is 0 Å². The molecule has 0 aromatic rings. The van der Waals surface area contributed by atoms with Crippen LogP contribution in [0.15, 0.2) is 12.2 Å². The van der Waals surface area contributed by atoms with Crippen LogP contribution in [0.4, 0.5) is 0 Å². The van der Waals surface area contributed by atoms with Crippen LogP contribution >= 0.6 is 0 Å². The molecule has 3 rings (SSSR count). The van der Waals surface area contributed by atoms with Crippen molar-refractivity contribution in [2.24, 2.45) is 17.8 Å². The summed E-state index contributed by atoms with van der Waals surface area (Å²) in [5, 5.41) is 11.1. The van der Waals surface area contributed by atoms with Crippen molar-refractivity contribution in [3.63, 3.8) is 0 Å². The van der Waals surface area contributed by atoms with Gasteiger partial charge in [0.05, 0.1) is 5.60 Å². The highest BCUT2D eigenvalue weighted by Crippen LogP contribution is 2.51. The maximum atomic E-state index is 11.1. The predicted octanol–water partition coefficient (Wildman–Crippen LogP) is 3.67. The first-order chi connectivity index (χ1) is 7.81. The maximum absolute atomic E-state index is 11.1. The van der Waals surface area contributed by atoms with Crippen LogP contribution in [0.25, 0.3) is 0 Å². The molecule has 0 heterocycles. The van der Waals surface area contributed by atoms with Crippen LogP contribution in [0.5, 0.6) is 0 Å². The van der Waals surface area contributed by atoms with Crippen molar-refractivity contribution in [2.45, 2.75) is 63.4 Å². The van der Waals surface area contributed by atoms with Crippen LogP contribution in [0.2, 0.25) is 0 Å². The van der Waals surface area contributed by atoms with E-state index >= 15 is 0 Å². The van der Waals surface area contributed by atoms with Gasteiger partial charge < -0.3 is 5.11 Å². The number of aliphatic hydroxyl groups is 1. The molecule has 0 aliphatic heterocycles. The van der Waals surface area contributed by atoms with E-state index in [-0.39, 0.29) is 0 Å². The van der Waals surface area contributed by atoms with Gasteiger partial charge in [0, 0.05) is 0 Å². The molecule has 0 radical (unpaired) electrons. The Morgan fingerprint density at radius 1 is 0.938 bits per heavy atom. The molecule has 0 saturated heterocycles. The third kappa shape index (κ3) is 1.64. The van der Waals surface area contributed by atoms with Crippen LogP contribution in [0, 0.1) is 17.8 Å². The molecule has 16 heavy (non-hydrogen) atoms. The fraction of sp³-hybridized carbons (Fsp3) is 0.867. The summed E-state index contributed by atoms with van der Waals surface area (Å²) in [6.45, 7) is 0. The van der Waals surface area contributed by atoms with Crippen molar-refractivity contribution >= 4 is 0 Å². The fourth-order valence-electron chi connectivity index (χ4n) is 4.50. The van der Waals surface area contributed by atoms with E-state index in [2.05, 4.69) is 12.2 Å². The minimum Gasteiger partial charge on any atom is -0.385 e. The number of allylic oxidation sites excluding steroid dienone is 1. The number of rotatable bonds is 0. The highest BCUT2D eigenvalue weighted by molar-refractivity contribution is 5.13. The average Bonchev–Trinajstić information content (AvgIpc) is 2.51. The zero-order valence-electron chi connectivity index (χ0n) is 10.2. The zero-order chi connectivity index (χ0) is 11.0. The second kappa shape index (κ2) is 4.18. The predicted molar refractivity (Wildman–Crippen MR) is 66.1 cm³/mol. The van der Waals surface area contributed by atoms with Gasteiger partial charge in [0.25, 0.3) is 0 Å². The third-order valence-corrected chi connectivity index (χ3v) is 5.35. The lowest BCUT2D eigenvalue weighted by Gasteiger charge is -2.50. The lowest BCUT2D eigenvalue weighted by molar-refractivity contribution is -0.0947. The van der Waals surface area contributed by atoms with Gasteiger partial charge in [-0.25, -0.2) is 0 Å². The molecule has 1 unspecified atom stereocenters. The van der Waals surface area contributed by atoms with E-state index in [4.69, 9.17) is 0 Å². The third-order valence-electron chi connectivity index (χ3n) is 5.35. The minimum absolute atomic E-state index is 0.431. The molecule has 3 aliphatic rings. The number of fused-ring (bicyclic) bond motifs is 3. The van der Waals surface area contributed by atoms with Gasteiger partial charge in [0.15, 0.2) is 0 Å². The minimum atomic E-state index is -0.431. The molecule has 1 N–H and O–H groups in total. The van der Waals surface area contributed by atoms with Gasteiger partial charge in [0.1, 0.15) is 0 Å². The quantitative estimate of drug-likeness (QED) is 0.617. The summed E-state index contributed by atoms with van der Waals surface area (Å²) in [5.41, 5.74) is -0.431. The van der Waals surface area contributed by atoms with Gasteiger partial charge in [-0.1, -0.05) is 31.4 Å². The summed E-state index contributed by atoms with van der Waals surface area (Å²) in [7, 11) is 0. The Balaban J connectivity index is 1.89. The monoisotopic (exact) mass is 220 g/mol. The van der Waals surface area contributed by atoms with Crippen molar-refractivity contribution < 1.29 is 5.11 Å². The van der Waals surface area contributed by atoms with Crippen molar-refractivity contribution in [2.75, 3.05) is 0 Å². The normalized spacial score (nSPS) is 47.9. The Bertz CT molecular complexity index is 283. The molecule has 0 aromatic carbocycles. The number of hydrogen-bond acceptors (Lipinski definition) is 1. The summed E-state index contributed by atoms with van der Waals surface area (Å²) in [6.07, 6.45) is 16.1. The average molecular weight is 220 g/mol. The second-order valence-corrected chi connectivity index (χ2v) is 6.15. The van der Waals surface area contributed by atoms with Gasteiger partial charge >= 0.3 is 0 Å². The Kier molecular flexibility index (Phi) is 2.83. The molecule has 4 atom stereocenters. The first kappa shape index (κ1) is 10.8. The molecular formula is C15H24O. The van der Waals surface area contributed by atoms with Gasteiger partial charge in [-0.3, -0.25) is 0 Å². The first-order valence-corrected chi connectivity index (χ1v) is 7.21. The van der Waals surface area contributed by atoms with E-state index in [1.54, 1.807) is 0 Å². The molecule has 0 spiro atoms. The van der Waals surface area contributed by atoms with Crippen LogP contribution in [-0.4, -0.2) is 10.7 Å². The van der Waals surface area contributed by atoms with Crippen LogP contribution in [0.3, 0.4) is 0 Å². The second-order valence-electron chi connectivity index (χ2n) is 6.15. The molecule has 0 bridgehead atoms. The Hall–Kier alpha value is -0.300. The van der Waals surface area contributed by atoms with E-state index in [0.29, 0.717) is 11.8 Å². The molecule has 2 fully saturated rings. The van der Waals surface area contributed by atoms with Crippen molar-refractivity contribution in [1.82, 2.24) is 0 Å². The summed E-state index contributed by atoms with van der Waals surface area (Å²) in [4.78, 5) is 0. The number of hydrogen-bond donors (Lipinski definition) is 1. The molecule has 1 nitrogen and oxygen atoms in total. The largest absolute Gasteiger partial charge is 0.385 e. The van der Waals surface area contributed by atoms with E-state index < -0.39 is 5.60 Å². The van der Waals surface area contributed by atoms with E-state index in [1.165, 1.54) is 57.8 Å². The molecule has 2 saturated carbocycles.